The maximum Gasteiger partial charge on any atom is 0.493 e. The van der Waals surface area contributed by atoms with Gasteiger partial charge in [-0.1, -0.05) is 91.8 Å². The predicted molar refractivity (Wildman–Crippen MR) is 122 cm³/mol. The molecule has 0 N–H and O–H groups in total. The summed E-state index contributed by atoms with van der Waals surface area (Å²) in [5, 5.41) is 0.0921. The van der Waals surface area contributed by atoms with E-state index in [1.807, 2.05) is 62.4 Å². The molecule has 2 aromatic carbocycles. The van der Waals surface area contributed by atoms with Crippen LogP contribution < -0.4 is 9.05 Å². The van der Waals surface area contributed by atoms with Crippen LogP contribution in [0.15, 0.2) is 48.5 Å². The second-order valence-corrected chi connectivity index (χ2v) is 13.7. The van der Waals surface area contributed by atoms with E-state index >= 15 is 0 Å². The molecule has 0 heterocycles. The molecule has 2 aromatic rings. The minimum Gasteiger partial charge on any atom is -0.408 e. The number of rotatable bonds is 6. The largest absolute Gasteiger partial charge is 0.493 e. The molecule has 0 aromatic heterocycles. The highest BCUT2D eigenvalue weighted by Gasteiger charge is 2.34. The van der Waals surface area contributed by atoms with Crippen LogP contribution in [-0.2, 0) is 15.4 Å². The fourth-order valence-corrected chi connectivity index (χ4v) is 6.62. The Kier molecular flexibility index (Phi) is 6.99. The van der Waals surface area contributed by atoms with Crippen LogP contribution in [0.4, 0.5) is 0 Å². The van der Waals surface area contributed by atoms with Crippen LogP contribution in [0.5, 0.6) is 11.5 Å². The molecule has 0 bridgehead atoms. The Hall–Kier alpha value is -1.38. The van der Waals surface area contributed by atoms with Crippen molar-refractivity contribution in [2.45, 2.75) is 71.5 Å². The van der Waals surface area contributed by atoms with E-state index in [9.17, 15) is 4.57 Å². The van der Waals surface area contributed by atoms with E-state index in [1.54, 1.807) is 0 Å². The van der Waals surface area contributed by atoms with Gasteiger partial charge < -0.3 is 9.05 Å². The fourth-order valence-electron chi connectivity index (χ4n) is 2.89. The van der Waals surface area contributed by atoms with Crippen molar-refractivity contribution in [1.29, 1.82) is 0 Å². The summed E-state index contributed by atoms with van der Waals surface area (Å²) in [4.78, 5) is 0. The molecule has 0 aliphatic carbocycles. The monoisotopic (exact) mass is 420 g/mol. The lowest BCUT2D eigenvalue weighted by atomic mass is 9.86. The van der Waals surface area contributed by atoms with Gasteiger partial charge >= 0.3 is 6.80 Å². The van der Waals surface area contributed by atoms with Crippen molar-refractivity contribution in [3.05, 3.63) is 59.7 Å². The first-order valence-electron chi connectivity index (χ1n) is 9.68. The molecule has 0 fully saturated rings. The van der Waals surface area contributed by atoms with Gasteiger partial charge in [-0.3, -0.25) is 0 Å². The average molecular weight is 421 g/mol. The molecule has 0 atom stereocenters. The summed E-state index contributed by atoms with van der Waals surface area (Å²) in [6.07, 6.45) is 0. The van der Waals surface area contributed by atoms with Gasteiger partial charge in [-0.05, 0) is 34.3 Å². The van der Waals surface area contributed by atoms with E-state index in [4.69, 9.17) is 9.05 Å². The molecule has 0 unspecified atom stereocenters. The first-order chi connectivity index (χ1) is 12.8. The van der Waals surface area contributed by atoms with Crippen molar-refractivity contribution in [2.75, 3.05) is 0 Å². The summed E-state index contributed by atoms with van der Waals surface area (Å²) in [6, 6.07) is 15.5. The first-order valence-corrected chi connectivity index (χ1v) is 12.7. The van der Waals surface area contributed by atoms with Crippen LogP contribution in [0.25, 0.3) is 0 Å². The van der Waals surface area contributed by atoms with Crippen LogP contribution in [0.3, 0.4) is 0 Å². The minimum atomic E-state index is -3.50. The second kappa shape index (κ2) is 8.55. The zero-order valence-electron chi connectivity index (χ0n) is 18.3. The lowest BCUT2D eigenvalue weighted by Crippen LogP contribution is -2.15. The normalized spacial score (nSPS) is 12.9. The quantitative estimate of drug-likeness (QED) is 0.444. The van der Waals surface area contributed by atoms with E-state index in [-0.39, 0.29) is 16.1 Å². The van der Waals surface area contributed by atoms with Gasteiger partial charge in [-0.2, -0.15) is 0 Å². The smallest absolute Gasteiger partial charge is 0.408 e. The van der Waals surface area contributed by atoms with Crippen molar-refractivity contribution < 1.29 is 13.6 Å². The zero-order chi connectivity index (χ0) is 21.2. The highest BCUT2D eigenvalue weighted by atomic mass is 32.7. The molecule has 0 aliphatic rings. The average Bonchev–Trinajstić information content (AvgIpc) is 2.52. The Morgan fingerprint density at radius 3 is 1.43 bits per heavy atom. The van der Waals surface area contributed by atoms with Gasteiger partial charge in [-0.15, -0.1) is 0 Å². The van der Waals surface area contributed by atoms with Crippen molar-refractivity contribution in [2.24, 2.45) is 0 Å². The molecule has 154 valence electrons. The summed E-state index contributed by atoms with van der Waals surface area (Å²) in [6.45, 7) is 13.2. The van der Waals surface area contributed by atoms with Crippen LogP contribution in [0.2, 0.25) is 0 Å². The summed E-state index contributed by atoms with van der Waals surface area (Å²) < 4.78 is 26.1. The van der Waals surface area contributed by atoms with Crippen molar-refractivity contribution in [1.82, 2.24) is 0 Å². The number of benzene rings is 2. The number of para-hydroxylation sites is 2. The van der Waals surface area contributed by atoms with E-state index in [0.717, 1.165) is 11.1 Å². The Morgan fingerprint density at radius 2 is 1.11 bits per heavy atom. The van der Waals surface area contributed by atoms with Crippen LogP contribution >= 0.6 is 18.2 Å². The van der Waals surface area contributed by atoms with Gasteiger partial charge in [-0.25, -0.2) is 4.57 Å². The van der Waals surface area contributed by atoms with E-state index in [1.165, 1.54) is 11.4 Å². The van der Waals surface area contributed by atoms with Crippen LogP contribution in [0.1, 0.15) is 66.5 Å². The number of hydrogen-bond acceptors (Lipinski definition) is 4. The lowest BCUT2D eigenvalue weighted by molar-refractivity contribution is 0.396. The van der Waals surface area contributed by atoms with Crippen molar-refractivity contribution >= 4 is 18.2 Å². The molecule has 0 radical (unpaired) electrons. The van der Waals surface area contributed by atoms with E-state index < -0.39 is 6.80 Å². The SMILES string of the molecule is CC(C)SP(=O)(Oc1ccccc1C(C)(C)C)Oc1ccccc1C(C)(C)C. The molecular formula is C23H33O3PS. The van der Waals surface area contributed by atoms with Crippen molar-refractivity contribution in [3.8, 4) is 11.5 Å². The zero-order valence-corrected chi connectivity index (χ0v) is 20.0. The van der Waals surface area contributed by atoms with Gasteiger partial charge in [0.2, 0.25) is 0 Å². The Labute approximate surface area is 174 Å². The summed E-state index contributed by atoms with van der Waals surface area (Å²) in [5.74, 6) is 1.22. The highest BCUT2D eigenvalue weighted by molar-refractivity contribution is 8.55. The second-order valence-electron chi connectivity index (χ2n) is 9.28. The molecule has 28 heavy (non-hydrogen) atoms. The predicted octanol–water partition coefficient (Wildman–Crippen LogP) is 7.99. The summed E-state index contributed by atoms with van der Waals surface area (Å²) in [5.41, 5.74) is 1.75. The van der Waals surface area contributed by atoms with Gasteiger partial charge in [0.1, 0.15) is 11.5 Å². The number of hydrogen-bond donors (Lipinski definition) is 0. The van der Waals surface area contributed by atoms with Crippen molar-refractivity contribution in [3.63, 3.8) is 0 Å². The third-order valence-electron chi connectivity index (χ3n) is 4.15. The van der Waals surface area contributed by atoms with Gasteiger partial charge in [0, 0.05) is 16.4 Å². The molecular weight excluding hydrogens is 387 g/mol. The maximum absolute atomic E-state index is 13.8. The Morgan fingerprint density at radius 1 is 0.750 bits per heavy atom. The lowest BCUT2D eigenvalue weighted by Gasteiger charge is -2.28. The molecule has 0 saturated heterocycles. The maximum atomic E-state index is 13.8. The Bertz CT molecular complexity index is 784. The highest BCUT2D eigenvalue weighted by Crippen LogP contribution is 2.62. The van der Waals surface area contributed by atoms with Gasteiger partial charge in [0.25, 0.3) is 0 Å². The van der Waals surface area contributed by atoms with Gasteiger partial charge in [0.05, 0.1) is 0 Å². The molecule has 0 aliphatic heterocycles. The molecule has 0 spiro atoms. The molecule has 0 amide bonds. The summed E-state index contributed by atoms with van der Waals surface area (Å²) >= 11 is 1.24. The summed E-state index contributed by atoms with van der Waals surface area (Å²) in [7, 11) is 0. The fraction of sp³-hybridized carbons (Fsp3) is 0.478. The molecule has 0 saturated carbocycles. The molecule has 2 rings (SSSR count). The molecule has 5 heteroatoms. The van der Waals surface area contributed by atoms with Crippen LogP contribution in [0, 0.1) is 0 Å². The first kappa shape index (κ1) is 22.9. The molecule has 3 nitrogen and oxygen atoms in total. The third-order valence-corrected chi connectivity index (χ3v) is 8.16. The van der Waals surface area contributed by atoms with Gasteiger partial charge in [0.15, 0.2) is 0 Å². The minimum absolute atomic E-state index is 0.0921. The van der Waals surface area contributed by atoms with E-state index in [2.05, 4.69) is 41.5 Å². The third kappa shape index (κ3) is 6.06. The topological polar surface area (TPSA) is 35.5 Å². The van der Waals surface area contributed by atoms with E-state index in [0.29, 0.717) is 11.5 Å². The van der Waals surface area contributed by atoms with Crippen LogP contribution in [-0.4, -0.2) is 5.25 Å². The Balaban J connectivity index is 2.47. The standard InChI is InChI=1S/C23H33O3PS/c1-17(2)28-27(24,25-20-15-11-9-13-18(20)22(3,4)5)26-21-16-12-10-14-19(21)23(6,7)8/h9-17H,1-8H3.